The molecule has 9 heteroatoms. The molecular formula is C6H10O7P2. The van der Waals surface area contributed by atoms with E-state index in [2.05, 4.69) is 4.31 Å². The summed E-state index contributed by atoms with van der Waals surface area (Å²) in [5.74, 6) is 0.176. The first-order valence-corrected chi connectivity index (χ1v) is 6.06. The van der Waals surface area contributed by atoms with Crippen LogP contribution in [0, 0.1) is 0 Å². The maximum atomic E-state index is 9.44. The summed E-state index contributed by atoms with van der Waals surface area (Å²) in [6.07, 6.45) is 0. The van der Waals surface area contributed by atoms with Crippen LogP contribution in [-0.4, -0.2) is 20.0 Å². The van der Waals surface area contributed by atoms with E-state index in [0.29, 0.717) is 0 Å². The summed E-state index contributed by atoms with van der Waals surface area (Å²) < 4.78 is 22.3. The van der Waals surface area contributed by atoms with Gasteiger partial charge in [-0.15, -0.1) is 0 Å². The molecule has 86 valence electrons. The summed E-state index contributed by atoms with van der Waals surface area (Å²) in [6, 6.07) is 5.85. The van der Waals surface area contributed by atoms with E-state index in [-0.39, 0.29) is 11.5 Å². The highest BCUT2D eigenvalue weighted by Crippen LogP contribution is 2.30. The van der Waals surface area contributed by atoms with E-state index in [1.165, 1.54) is 18.2 Å². The molecule has 1 aromatic rings. The average molecular weight is 256 g/mol. The van der Waals surface area contributed by atoms with Crippen LogP contribution >= 0.6 is 16.5 Å². The third-order valence-corrected chi connectivity index (χ3v) is 2.40. The molecule has 4 N–H and O–H groups in total. The zero-order chi connectivity index (χ0) is 11.8. The lowest BCUT2D eigenvalue weighted by atomic mass is 10.3. The van der Waals surface area contributed by atoms with Crippen LogP contribution in [-0.2, 0) is 13.4 Å². The highest BCUT2D eigenvalue weighted by atomic mass is 31.2. The zero-order valence-electron chi connectivity index (χ0n) is 7.32. The number of rotatable bonds is 2. The molecule has 0 aliphatic carbocycles. The number of phenolic OH excluding ortho intramolecular Hbond substituents is 2. The second-order valence-electron chi connectivity index (χ2n) is 2.15. The van der Waals surface area contributed by atoms with E-state index >= 15 is 0 Å². The first kappa shape index (κ1) is 14.2. The molecule has 0 amide bonds. The number of phenols is 2. The zero-order valence-corrected chi connectivity index (χ0v) is 9.32. The molecule has 7 nitrogen and oxygen atoms in total. The number of hydrogen-bond acceptors (Lipinski definition) is 5. The Kier molecular flexibility index (Phi) is 7.03. The van der Waals surface area contributed by atoms with Gasteiger partial charge in [0.25, 0.3) is 0 Å². The van der Waals surface area contributed by atoms with Gasteiger partial charge in [-0.1, -0.05) is 6.07 Å². The Morgan fingerprint density at radius 2 is 1.40 bits per heavy atom. The molecule has 1 aromatic carbocycles. The van der Waals surface area contributed by atoms with Crippen molar-refractivity contribution in [2.24, 2.45) is 0 Å². The Balaban J connectivity index is 0.000000265. The van der Waals surface area contributed by atoms with Gasteiger partial charge in [0.05, 0.1) is 0 Å². The fourth-order valence-electron chi connectivity index (χ4n) is 0.568. The number of hydrogen-bond donors (Lipinski definition) is 4. The van der Waals surface area contributed by atoms with E-state index in [0.717, 1.165) is 0 Å². The minimum atomic E-state index is -3.20. The van der Waals surface area contributed by atoms with E-state index in [1.807, 2.05) is 0 Å². The molecule has 0 bridgehead atoms. The first-order valence-electron chi connectivity index (χ1n) is 3.53. The average Bonchev–Trinajstić information content (AvgIpc) is 2.01. The fourth-order valence-corrected chi connectivity index (χ4v) is 1.17. The van der Waals surface area contributed by atoms with Gasteiger partial charge >= 0.3 is 16.5 Å². The van der Waals surface area contributed by atoms with Gasteiger partial charge in [-0.05, 0) is 12.1 Å². The van der Waals surface area contributed by atoms with Crippen molar-refractivity contribution in [2.45, 2.75) is 0 Å². The van der Waals surface area contributed by atoms with Crippen LogP contribution in [0.1, 0.15) is 0 Å². The van der Waals surface area contributed by atoms with Crippen molar-refractivity contribution in [3.63, 3.8) is 0 Å². The minimum absolute atomic E-state index is 0.0880. The molecule has 0 radical (unpaired) electrons. The maximum Gasteiger partial charge on any atom is 0.323 e. The Hall–Kier alpha value is -0.840. The SMILES string of the molecule is O=[PH](O)O[PH](=O)O.Oc1cccc(O)c1. The lowest BCUT2D eigenvalue weighted by molar-refractivity contribution is 0.371. The van der Waals surface area contributed by atoms with Crippen LogP contribution in [0.4, 0.5) is 0 Å². The van der Waals surface area contributed by atoms with Crippen LogP contribution in [0.15, 0.2) is 24.3 Å². The molecule has 0 aliphatic heterocycles. The van der Waals surface area contributed by atoms with Crippen molar-refractivity contribution < 1.29 is 33.4 Å². The standard InChI is InChI=1S/C6H6O2.H4O5P2/c7-5-2-1-3-6(8)4-5;1-6(2)5-7(3)4/h1-4,7-8H;6-7H,(H,1,2)(H,3,4). The van der Waals surface area contributed by atoms with Crippen molar-refractivity contribution >= 4 is 16.5 Å². The Labute approximate surface area is 86.5 Å². The molecule has 15 heavy (non-hydrogen) atoms. The summed E-state index contributed by atoms with van der Waals surface area (Å²) in [5.41, 5.74) is 0. The van der Waals surface area contributed by atoms with Crippen LogP contribution in [0.5, 0.6) is 11.5 Å². The lowest BCUT2D eigenvalue weighted by Crippen LogP contribution is -1.61. The van der Waals surface area contributed by atoms with Crippen LogP contribution in [0.3, 0.4) is 0 Å². The summed E-state index contributed by atoms with van der Waals surface area (Å²) in [7, 11) is -6.40. The van der Waals surface area contributed by atoms with Crippen LogP contribution < -0.4 is 0 Å². The summed E-state index contributed by atoms with van der Waals surface area (Å²) in [6.45, 7) is 0. The van der Waals surface area contributed by atoms with Gasteiger partial charge in [0.1, 0.15) is 11.5 Å². The normalized spacial score (nSPS) is 13.5. The Morgan fingerprint density at radius 1 is 1.00 bits per heavy atom. The molecule has 0 saturated carbocycles. The molecule has 1 rings (SSSR count). The van der Waals surface area contributed by atoms with E-state index in [9.17, 15) is 9.13 Å². The van der Waals surface area contributed by atoms with E-state index < -0.39 is 16.5 Å². The monoisotopic (exact) mass is 256 g/mol. The van der Waals surface area contributed by atoms with E-state index in [1.54, 1.807) is 6.07 Å². The second-order valence-corrected chi connectivity index (χ2v) is 4.03. The van der Waals surface area contributed by atoms with Gasteiger partial charge < -0.3 is 20.0 Å². The largest absolute Gasteiger partial charge is 0.508 e. The quantitative estimate of drug-likeness (QED) is 0.578. The third-order valence-electron chi connectivity index (χ3n) is 1.00. The van der Waals surface area contributed by atoms with Gasteiger partial charge in [-0.25, -0.2) is 4.31 Å². The number of aromatic hydroxyl groups is 2. The van der Waals surface area contributed by atoms with Gasteiger partial charge in [0.15, 0.2) is 0 Å². The van der Waals surface area contributed by atoms with Gasteiger partial charge in [0, 0.05) is 6.07 Å². The topological polar surface area (TPSA) is 124 Å². The first-order chi connectivity index (χ1) is 6.91. The van der Waals surface area contributed by atoms with Gasteiger partial charge in [-0.3, -0.25) is 9.13 Å². The molecule has 0 spiro atoms. The van der Waals surface area contributed by atoms with Crippen molar-refractivity contribution in [1.29, 1.82) is 0 Å². The van der Waals surface area contributed by atoms with Crippen LogP contribution in [0.2, 0.25) is 0 Å². The Morgan fingerprint density at radius 3 is 1.53 bits per heavy atom. The molecule has 0 fully saturated rings. The molecule has 0 aliphatic rings. The van der Waals surface area contributed by atoms with Crippen molar-refractivity contribution in [1.82, 2.24) is 0 Å². The van der Waals surface area contributed by atoms with Crippen molar-refractivity contribution in [3.8, 4) is 11.5 Å². The van der Waals surface area contributed by atoms with Crippen molar-refractivity contribution in [2.75, 3.05) is 0 Å². The van der Waals surface area contributed by atoms with Crippen molar-refractivity contribution in [3.05, 3.63) is 24.3 Å². The summed E-state index contributed by atoms with van der Waals surface area (Å²) in [4.78, 5) is 15.4. The van der Waals surface area contributed by atoms with Gasteiger partial charge in [-0.2, -0.15) is 0 Å². The lowest BCUT2D eigenvalue weighted by Gasteiger charge is -1.89. The number of benzene rings is 1. The van der Waals surface area contributed by atoms with E-state index in [4.69, 9.17) is 20.0 Å². The summed E-state index contributed by atoms with van der Waals surface area (Å²) in [5, 5.41) is 17.3. The molecule has 2 unspecified atom stereocenters. The fraction of sp³-hybridized carbons (Fsp3) is 0. The third kappa shape index (κ3) is 9.46. The highest BCUT2D eigenvalue weighted by molar-refractivity contribution is 7.46. The molecule has 0 aromatic heterocycles. The molecule has 0 heterocycles. The molecule has 2 atom stereocenters. The molecule has 0 saturated heterocycles. The Bertz CT molecular complexity index is 324. The minimum Gasteiger partial charge on any atom is -0.508 e. The predicted octanol–water partition coefficient (Wildman–Crippen LogP) is 0.865. The van der Waals surface area contributed by atoms with Crippen LogP contribution in [0.25, 0.3) is 0 Å². The van der Waals surface area contributed by atoms with Gasteiger partial charge in [0.2, 0.25) is 0 Å². The highest BCUT2D eigenvalue weighted by Gasteiger charge is 1.93. The molecular weight excluding hydrogens is 246 g/mol. The summed E-state index contributed by atoms with van der Waals surface area (Å²) >= 11 is 0. The second kappa shape index (κ2) is 7.45. The maximum absolute atomic E-state index is 9.44. The predicted molar refractivity (Wildman–Crippen MR) is 53.3 cm³/mol. The smallest absolute Gasteiger partial charge is 0.323 e.